The van der Waals surface area contributed by atoms with Gasteiger partial charge in [0.15, 0.2) is 0 Å². The highest BCUT2D eigenvalue weighted by Crippen LogP contribution is 2.32. The van der Waals surface area contributed by atoms with Crippen LogP contribution in [-0.4, -0.2) is 85.2 Å². The first kappa shape index (κ1) is 34.5. The minimum atomic E-state index is -0.318. The number of rotatable bonds is 12. The molecule has 5 rings (SSSR count). The van der Waals surface area contributed by atoms with Gasteiger partial charge in [-0.1, -0.05) is 32.4 Å². The number of aldehydes is 1. The summed E-state index contributed by atoms with van der Waals surface area (Å²) in [4.78, 5) is 52.9. The van der Waals surface area contributed by atoms with E-state index in [1.165, 1.54) is 25.7 Å². The fourth-order valence-corrected chi connectivity index (χ4v) is 5.74. The molecule has 10 heteroatoms. The van der Waals surface area contributed by atoms with Gasteiger partial charge in [0.1, 0.15) is 31.0 Å². The normalized spacial score (nSPS) is 18.2. The molecule has 10 nitrogen and oxygen atoms in total. The largest absolute Gasteiger partial charge is 0.490 e. The van der Waals surface area contributed by atoms with Crippen molar-refractivity contribution in [1.29, 1.82) is 0 Å². The lowest BCUT2D eigenvalue weighted by Gasteiger charge is -2.37. The molecule has 0 bridgehead atoms. The first-order chi connectivity index (χ1) is 21.5. The average Bonchev–Trinajstić information content (AvgIpc) is 3.45. The summed E-state index contributed by atoms with van der Waals surface area (Å²) in [6, 6.07) is 9.75. The number of nitrogens with one attached hydrogen (secondary N) is 1. The van der Waals surface area contributed by atoms with Gasteiger partial charge in [0.25, 0.3) is 0 Å². The quantitative estimate of drug-likeness (QED) is 0.279. The van der Waals surface area contributed by atoms with Gasteiger partial charge in [0.2, 0.25) is 18.2 Å². The molecule has 3 fully saturated rings. The van der Waals surface area contributed by atoms with Crippen LogP contribution in [0.2, 0.25) is 0 Å². The predicted octanol–water partition coefficient (Wildman–Crippen LogP) is 4.48. The van der Waals surface area contributed by atoms with Crippen molar-refractivity contribution in [1.82, 2.24) is 20.1 Å². The fraction of sp³-hybridized carbons (Fsp3) is 0.559. The zero-order valence-corrected chi connectivity index (χ0v) is 26.4. The van der Waals surface area contributed by atoms with Crippen molar-refractivity contribution in [2.45, 2.75) is 83.1 Å². The van der Waals surface area contributed by atoms with Crippen molar-refractivity contribution < 1.29 is 28.7 Å². The van der Waals surface area contributed by atoms with Gasteiger partial charge in [-0.25, -0.2) is 0 Å². The second kappa shape index (κ2) is 18.7. The van der Waals surface area contributed by atoms with Crippen molar-refractivity contribution in [3.63, 3.8) is 0 Å². The van der Waals surface area contributed by atoms with E-state index in [4.69, 9.17) is 9.47 Å². The molecular formula is C34H48N4O6. The monoisotopic (exact) mass is 608 g/mol. The van der Waals surface area contributed by atoms with Gasteiger partial charge in [-0.2, -0.15) is 0 Å². The summed E-state index contributed by atoms with van der Waals surface area (Å²) < 4.78 is 11.6. The fourth-order valence-electron chi connectivity index (χ4n) is 5.74. The summed E-state index contributed by atoms with van der Waals surface area (Å²) in [5.74, 6) is 1.69. The highest BCUT2D eigenvalue weighted by Gasteiger charge is 2.30. The Labute approximate surface area is 261 Å². The SMILES string of the molecule is CC.CNC(=O)CCC(C=O)c1ccc(OCCOc2ccncc2C2CN(C=O)C2)cc1.O=C1CCCCC2CCCN12. The van der Waals surface area contributed by atoms with Crippen LogP contribution in [0.4, 0.5) is 0 Å². The molecule has 1 aromatic heterocycles. The van der Waals surface area contributed by atoms with E-state index >= 15 is 0 Å². The lowest BCUT2D eigenvalue weighted by molar-refractivity contribution is -0.131. The maximum atomic E-state index is 11.4. The van der Waals surface area contributed by atoms with Crippen LogP contribution in [-0.2, 0) is 19.2 Å². The van der Waals surface area contributed by atoms with Gasteiger partial charge in [0.05, 0.1) is 0 Å². The number of benzene rings is 1. The van der Waals surface area contributed by atoms with E-state index < -0.39 is 0 Å². The Morgan fingerprint density at radius 2 is 1.77 bits per heavy atom. The Morgan fingerprint density at radius 1 is 1.05 bits per heavy atom. The maximum absolute atomic E-state index is 11.4. The Hall–Kier alpha value is -3.95. The highest BCUT2D eigenvalue weighted by molar-refractivity contribution is 5.77. The molecule has 2 aromatic rings. The molecular weight excluding hydrogens is 560 g/mol. The highest BCUT2D eigenvalue weighted by atomic mass is 16.5. The van der Waals surface area contributed by atoms with Crippen LogP contribution < -0.4 is 14.8 Å². The molecule has 3 amide bonds. The summed E-state index contributed by atoms with van der Waals surface area (Å²) in [7, 11) is 1.58. The molecule has 3 aliphatic heterocycles. The number of fused-ring (bicyclic) bond motifs is 1. The molecule has 0 saturated carbocycles. The number of hydrogen-bond donors (Lipinski definition) is 1. The van der Waals surface area contributed by atoms with Gasteiger partial charge < -0.3 is 29.4 Å². The minimum absolute atomic E-state index is 0.0810. The Kier molecular flexibility index (Phi) is 14.6. The van der Waals surface area contributed by atoms with Gasteiger partial charge in [0, 0.05) is 75.4 Å². The number of carbonyl (C=O) groups is 4. The molecule has 240 valence electrons. The van der Waals surface area contributed by atoms with Crippen molar-refractivity contribution >= 4 is 24.5 Å². The number of amides is 3. The van der Waals surface area contributed by atoms with E-state index in [9.17, 15) is 19.2 Å². The Morgan fingerprint density at radius 3 is 2.48 bits per heavy atom. The van der Waals surface area contributed by atoms with Gasteiger partial charge in [-0.05, 0) is 55.9 Å². The molecule has 4 heterocycles. The molecule has 1 N–H and O–H groups in total. The van der Waals surface area contributed by atoms with Crippen LogP contribution in [0.15, 0.2) is 42.7 Å². The van der Waals surface area contributed by atoms with Crippen molar-refractivity contribution in [3.05, 3.63) is 53.9 Å². The summed E-state index contributed by atoms with van der Waals surface area (Å²) in [6.45, 7) is 7.12. The third-order valence-corrected chi connectivity index (χ3v) is 8.23. The zero-order chi connectivity index (χ0) is 31.7. The number of hydrogen-bond acceptors (Lipinski definition) is 7. The number of likely N-dealkylation sites (tertiary alicyclic amines) is 1. The van der Waals surface area contributed by atoms with E-state index in [0.29, 0.717) is 56.8 Å². The second-order valence-corrected chi connectivity index (χ2v) is 11.0. The van der Waals surface area contributed by atoms with Crippen LogP contribution in [0.1, 0.15) is 88.2 Å². The second-order valence-electron chi connectivity index (χ2n) is 11.0. The van der Waals surface area contributed by atoms with Gasteiger partial charge >= 0.3 is 0 Å². The molecule has 0 aliphatic carbocycles. The number of nitrogens with zero attached hydrogens (tertiary/aromatic N) is 3. The zero-order valence-electron chi connectivity index (χ0n) is 26.4. The Balaban J connectivity index is 0.000000336. The van der Waals surface area contributed by atoms with Gasteiger partial charge in [-0.15, -0.1) is 0 Å². The molecule has 2 unspecified atom stereocenters. The van der Waals surface area contributed by atoms with Gasteiger partial charge in [-0.3, -0.25) is 19.4 Å². The van der Waals surface area contributed by atoms with Crippen molar-refractivity contribution in [2.24, 2.45) is 0 Å². The topological polar surface area (TPSA) is 118 Å². The Bertz CT molecular complexity index is 1180. The van der Waals surface area contributed by atoms with Crippen molar-refractivity contribution in [3.8, 4) is 11.5 Å². The standard InChI is InChI=1S/C23H27N3O5.C9H15NO.C2H6/c1-24-23(29)7-4-18(15-27)17-2-5-20(6-3-17)30-10-11-31-22-8-9-25-12-21(22)19-13-26(14-19)16-28;11-9-6-2-1-4-8-5-3-7-10(8)9;1-2/h2-3,5-6,8-9,12,15-16,18-19H,4,7,10-11,13-14H2,1H3,(H,24,29);8H,1-7H2;1-2H3. The number of pyridine rings is 1. The van der Waals surface area contributed by atoms with E-state index in [1.54, 1.807) is 24.3 Å². The van der Waals surface area contributed by atoms with E-state index in [0.717, 1.165) is 49.0 Å². The van der Waals surface area contributed by atoms with E-state index in [2.05, 4.69) is 15.2 Å². The molecule has 1 aromatic carbocycles. The smallest absolute Gasteiger partial charge is 0.222 e. The molecule has 2 atom stereocenters. The number of aromatic nitrogens is 1. The summed E-state index contributed by atoms with van der Waals surface area (Å²) in [5.41, 5.74) is 1.86. The molecule has 0 radical (unpaired) electrons. The van der Waals surface area contributed by atoms with E-state index in [-0.39, 0.29) is 17.7 Å². The van der Waals surface area contributed by atoms with Crippen LogP contribution in [0.5, 0.6) is 11.5 Å². The molecule has 3 saturated heterocycles. The molecule has 3 aliphatic rings. The lowest BCUT2D eigenvalue weighted by Crippen LogP contribution is -2.43. The minimum Gasteiger partial charge on any atom is -0.490 e. The van der Waals surface area contributed by atoms with Crippen LogP contribution in [0.25, 0.3) is 0 Å². The third kappa shape index (κ3) is 10.1. The summed E-state index contributed by atoms with van der Waals surface area (Å²) in [6.07, 6.45) is 12.9. The van der Waals surface area contributed by atoms with Crippen molar-refractivity contribution in [2.75, 3.05) is 39.9 Å². The lowest BCUT2D eigenvalue weighted by atomic mass is 9.93. The molecule has 0 spiro atoms. The first-order valence-corrected chi connectivity index (χ1v) is 16.0. The summed E-state index contributed by atoms with van der Waals surface area (Å²) >= 11 is 0. The van der Waals surface area contributed by atoms with Crippen LogP contribution in [0.3, 0.4) is 0 Å². The van der Waals surface area contributed by atoms with Crippen LogP contribution >= 0.6 is 0 Å². The average molecular weight is 609 g/mol. The number of carbonyl (C=O) groups excluding carboxylic acids is 4. The number of ether oxygens (including phenoxy) is 2. The third-order valence-electron chi connectivity index (χ3n) is 8.23. The predicted molar refractivity (Wildman–Crippen MR) is 169 cm³/mol. The van der Waals surface area contributed by atoms with E-state index in [1.807, 2.05) is 44.2 Å². The molecule has 44 heavy (non-hydrogen) atoms. The summed E-state index contributed by atoms with van der Waals surface area (Å²) in [5, 5.41) is 2.56. The van der Waals surface area contributed by atoms with Crippen LogP contribution in [0, 0.1) is 0 Å². The first-order valence-electron chi connectivity index (χ1n) is 16.0. The maximum Gasteiger partial charge on any atom is 0.222 e.